The molecule has 4 atom stereocenters. The fraction of sp³-hybridized carbons (Fsp3) is 0.364. The molecular weight excluding hydrogens is 360 g/mol. The van der Waals surface area contributed by atoms with Crippen molar-refractivity contribution < 1.29 is 30.0 Å². The quantitative estimate of drug-likeness (QED) is 0.471. The summed E-state index contributed by atoms with van der Waals surface area (Å²) in [5.41, 5.74) is 3.31. The third kappa shape index (κ3) is 5.81. The van der Waals surface area contributed by atoms with Gasteiger partial charge in [0.15, 0.2) is 0 Å². The minimum absolute atomic E-state index is 0.0240. The molecule has 0 bridgehead atoms. The lowest BCUT2D eigenvalue weighted by Gasteiger charge is -2.20. The molecule has 0 saturated heterocycles. The minimum atomic E-state index is -1.98. The normalized spacial score (nSPS) is 15.5. The molecule has 0 aliphatic rings. The van der Waals surface area contributed by atoms with Crippen LogP contribution in [0, 0.1) is 13.8 Å². The Bertz CT molecular complexity index is 762. The van der Waals surface area contributed by atoms with Gasteiger partial charge >= 0.3 is 0 Å². The number of hydrogen-bond acceptors (Lipinski definition) is 6. The molecule has 6 nitrogen and oxygen atoms in total. The lowest BCUT2D eigenvalue weighted by atomic mass is 9.94. The van der Waals surface area contributed by atoms with Crippen LogP contribution in [0.5, 0.6) is 0 Å². The topological polar surface area (TPSA) is 115 Å². The maximum atomic E-state index is 12.2. The van der Waals surface area contributed by atoms with Crippen LogP contribution in [0.4, 0.5) is 0 Å². The Morgan fingerprint density at radius 2 is 1.07 bits per heavy atom. The molecule has 2 aromatic rings. The zero-order valence-electron chi connectivity index (χ0n) is 15.9. The van der Waals surface area contributed by atoms with Crippen molar-refractivity contribution in [3.05, 3.63) is 70.8 Å². The van der Waals surface area contributed by atoms with E-state index in [4.69, 9.17) is 0 Å². The number of aryl methyl sites for hydroxylation is 2. The van der Waals surface area contributed by atoms with Gasteiger partial charge in [0.05, 0.1) is 12.2 Å². The highest BCUT2D eigenvalue weighted by Gasteiger charge is 2.36. The van der Waals surface area contributed by atoms with E-state index >= 15 is 0 Å². The zero-order chi connectivity index (χ0) is 20.8. The molecule has 0 saturated carbocycles. The summed E-state index contributed by atoms with van der Waals surface area (Å²) in [7, 11) is 0. The Kier molecular flexibility index (Phi) is 7.60. The first-order valence-electron chi connectivity index (χ1n) is 9.10. The summed E-state index contributed by atoms with van der Waals surface area (Å²) in [6.07, 6.45) is -7.01. The average molecular weight is 386 g/mol. The van der Waals surface area contributed by atoms with Crippen LogP contribution in [0.3, 0.4) is 0 Å². The summed E-state index contributed by atoms with van der Waals surface area (Å²) >= 11 is 0. The van der Waals surface area contributed by atoms with Crippen LogP contribution < -0.4 is 0 Å². The second kappa shape index (κ2) is 9.71. The number of Topliss-reactive ketones (excluding diaryl/α,β-unsaturated/α-hetero) is 2. The molecule has 0 aromatic heterocycles. The van der Waals surface area contributed by atoms with Gasteiger partial charge in [-0.05, 0) is 25.0 Å². The van der Waals surface area contributed by atoms with Gasteiger partial charge < -0.3 is 20.4 Å². The first-order valence-corrected chi connectivity index (χ1v) is 9.10. The summed E-state index contributed by atoms with van der Waals surface area (Å²) in [5.74, 6) is -2.65. The van der Waals surface area contributed by atoms with Crippen molar-refractivity contribution >= 4 is 11.6 Å². The van der Waals surface area contributed by atoms with E-state index in [2.05, 4.69) is 0 Å². The van der Waals surface area contributed by atoms with Crippen LogP contribution in [0.2, 0.25) is 0 Å². The number of rotatable bonds is 9. The number of hydrogen-bond donors (Lipinski definition) is 4. The molecule has 28 heavy (non-hydrogen) atoms. The van der Waals surface area contributed by atoms with E-state index in [9.17, 15) is 30.0 Å². The molecule has 0 aliphatic heterocycles. The van der Waals surface area contributed by atoms with Crippen molar-refractivity contribution in [1.82, 2.24) is 0 Å². The predicted octanol–water partition coefficient (Wildman–Crippen LogP) is 0.670. The Morgan fingerprint density at radius 1 is 0.714 bits per heavy atom. The van der Waals surface area contributed by atoms with Gasteiger partial charge in [0.25, 0.3) is 0 Å². The van der Waals surface area contributed by atoms with Gasteiger partial charge in [-0.15, -0.1) is 0 Å². The Balaban J connectivity index is 1.98. The van der Waals surface area contributed by atoms with E-state index in [-0.39, 0.29) is 12.8 Å². The second-order valence-electron chi connectivity index (χ2n) is 7.14. The van der Waals surface area contributed by atoms with Crippen LogP contribution >= 0.6 is 0 Å². The third-order valence-electron chi connectivity index (χ3n) is 4.56. The van der Waals surface area contributed by atoms with Crippen LogP contribution in [0.25, 0.3) is 0 Å². The third-order valence-corrected chi connectivity index (χ3v) is 4.56. The largest absolute Gasteiger partial charge is 0.390 e. The van der Waals surface area contributed by atoms with Gasteiger partial charge in [0.2, 0.25) is 11.6 Å². The summed E-state index contributed by atoms with van der Waals surface area (Å²) in [6, 6.07) is 14.3. The van der Waals surface area contributed by atoms with E-state index in [1.165, 1.54) is 0 Å². The Hall–Kier alpha value is -2.38. The molecule has 6 heteroatoms. The standard InChI is InChI=1S/C22H26O6/c1-13-5-3-7-15(9-13)11-17(23)19(25)21(27)22(28)20(26)18(24)12-16-8-4-6-14(2)10-16/h3-10,17-20,23-26H,11-12H2,1-2H3/t17?,18?,19-,20+. The lowest BCUT2D eigenvalue weighted by Crippen LogP contribution is -2.47. The molecule has 0 amide bonds. The summed E-state index contributed by atoms with van der Waals surface area (Å²) in [4.78, 5) is 24.3. The Labute approximate surface area is 164 Å². The smallest absolute Gasteiger partial charge is 0.232 e. The van der Waals surface area contributed by atoms with Gasteiger partial charge in [-0.25, -0.2) is 0 Å². The number of carbonyl (C=O) groups excluding carboxylic acids is 2. The van der Waals surface area contributed by atoms with Gasteiger partial charge in [-0.2, -0.15) is 0 Å². The van der Waals surface area contributed by atoms with Gasteiger partial charge in [0.1, 0.15) is 12.2 Å². The van der Waals surface area contributed by atoms with E-state index < -0.39 is 36.0 Å². The van der Waals surface area contributed by atoms with E-state index in [1.807, 2.05) is 26.0 Å². The van der Waals surface area contributed by atoms with Crippen molar-refractivity contribution in [2.75, 3.05) is 0 Å². The van der Waals surface area contributed by atoms with E-state index in [1.54, 1.807) is 36.4 Å². The highest BCUT2D eigenvalue weighted by molar-refractivity contribution is 6.40. The summed E-state index contributed by atoms with van der Waals surface area (Å²) in [5, 5.41) is 40.3. The van der Waals surface area contributed by atoms with Gasteiger partial charge in [-0.3, -0.25) is 9.59 Å². The van der Waals surface area contributed by atoms with Crippen molar-refractivity contribution in [2.45, 2.75) is 51.1 Å². The fourth-order valence-electron chi connectivity index (χ4n) is 3.03. The minimum Gasteiger partial charge on any atom is -0.390 e. The van der Waals surface area contributed by atoms with Crippen molar-refractivity contribution in [3.63, 3.8) is 0 Å². The van der Waals surface area contributed by atoms with Crippen LogP contribution in [-0.4, -0.2) is 56.4 Å². The first kappa shape index (κ1) is 21.9. The number of aliphatic hydroxyl groups is 4. The number of aliphatic hydroxyl groups excluding tert-OH is 4. The van der Waals surface area contributed by atoms with Crippen molar-refractivity contribution in [3.8, 4) is 0 Å². The fourth-order valence-corrected chi connectivity index (χ4v) is 3.03. The lowest BCUT2D eigenvalue weighted by molar-refractivity contribution is -0.152. The monoisotopic (exact) mass is 386 g/mol. The highest BCUT2D eigenvalue weighted by Crippen LogP contribution is 2.13. The molecule has 0 spiro atoms. The SMILES string of the molecule is Cc1cccc(CC(O)[C@H](O)C(=O)C(=O)[C@H](O)C(O)Cc2cccc(C)c2)c1. The van der Waals surface area contributed by atoms with Gasteiger partial charge in [0, 0.05) is 12.8 Å². The molecule has 2 unspecified atom stereocenters. The van der Waals surface area contributed by atoms with E-state index in [0.29, 0.717) is 11.1 Å². The molecule has 150 valence electrons. The van der Waals surface area contributed by atoms with Crippen molar-refractivity contribution in [1.29, 1.82) is 0 Å². The second-order valence-corrected chi connectivity index (χ2v) is 7.14. The van der Waals surface area contributed by atoms with Crippen LogP contribution in [0.15, 0.2) is 48.5 Å². The number of benzene rings is 2. The molecule has 2 aromatic carbocycles. The predicted molar refractivity (Wildman–Crippen MR) is 104 cm³/mol. The van der Waals surface area contributed by atoms with Crippen LogP contribution in [0.1, 0.15) is 22.3 Å². The molecule has 0 fully saturated rings. The zero-order valence-corrected chi connectivity index (χ0v) is 15.9. The first-order chi connectivity index (χ1) is 13.2. The maximum absolute atomic E-state index is 12.2. The maximum Gasteiger partial charge on any atom is 0.232 e. The highest BCUT2D eigenvalue weighted by atomic mass is 16.3. The molecule has 2 rings (SSSR count). The Morgan fingerprint density at radius 3 is 1.39 bits per heavy atom. The molecule has 0 aliphatic carbocycles. The number of carbonyl (C=O) groups is 2. The summed E-state index contributed by atoms with van der Waals surface area (Å²) in [6.45, 7) is 3.74. The molecule has 0 heterocycles. The average Bonchev–Trinajstić information content (AvgIpc) is 2.65. The van der Waals surface area contributed by atoms with Crippen LogP contribution in [-0.2, 0) is 22.4 Å². The number of ketones is 2. The molecular formula is C22H26O6. The van der Waals surface area contributed by atoms with E-state index in [0.717, 1.165) is 11.1 Å². The van der Waals surface area contributed by atoms with Crippen molar-refractivity contribution in [2.24, 2.45) is 0 Å². The summed E-state index contributed by atoms with van der Waals surface area (Å²) < 4.78 is 0. The molecule has 4 N–H and O–H groups in total. The van der Waals surface area contributed by atoms with Gasteiger partial charge in [-0.1, -0.05) is 59.7 Å². The molecule has 0 radical (unpaired) electrons.